The van der Waals surface area contributed by atoms with Gasteiger partial charge in [-0.2, -0.15) is 0 Å². The van der Waals surface area contributed by atoms with E-state index in [1.54, 1.807) is 0 Å². The third-order valence-corrected chi connectivity index (χ3v) is 5.08. The van der Waals surface area contributed by atoms with Crippen LogP contribution in [0.4, 0.5) is 0 Å². The SMILES string of the molecule is CCCCCCCCCCc1c2ccc[c]c2cc2ccccc12. The second-order valence-corrected chi connectivity index (χ2v) is 6.93. The number of hydrogen-bond donors (Lipinski definition) is 0. The lowest BCUT2D eigenvalue weighted by atomic mass is 9.93. The van der Waals surface area contributed by atoms with E-state index < -0.39 is 0 Å². The van der Waals surface area contributed by atoms with Crippen LogP contribution in [0.1, 0.15) is 63.9 Å². The van der Waals surface area contributed by atoms with Crippen LogP contribution in [0.25, 0.3) is 21.5 Å². The van der Waals surface area contributed by atoms with Crippen LogP contribution < -0.4 is 0 Å². The highest BCUT2D eigenvalue weighted by molar-refractivity contribution is 6.01. The molecule has 1 radical (unpaired) electrons. The molecule has 0 amide bonds. The first-order valence-corrected chi connectivity index (χ1v) is 9.71. The maximum atomic E-state index is 3.41. The largest absolute Gasteiger partial charge is 0.0654 e. The lowest BCUT2D eigenvalue weighted by Gasteiger charge is -2.11. The molecule has 0 heterocycles. The zero-order valence-corrected chi connectivity index (χ0v) is 15.0. The maximum Gasteiger partial charge on any atom is -0.00960 e. The maximum absolute atomic E-state index is 3.41. The van der Waals surface area contributed by atoms with Gasteiger partial charge in [-0.05, 0) is 52.1 Å². The van der Waals surface area contributed by atoms with Gasteiger partial charge in [0.25, 0.3) is 0 Å². The summed E-state index contributed by atoms with van der Waals surface area (Å²) < 4.78 is 0. The third-order valence-electron chi connectivity index (χ3n) is 5.08. The average molecular weight is 317 g/mol. The zero-order chi connectivity index (χ0) is 16.6. The van der Waals surface area contributed by atoms with Crippen LogP contribution in [-0.4, -0.2) is 0 Å². The predicted molar refractivity (Wildman–Crippen MR) is 107 cm³/mol. The molecule has 0 atom stereocenters. The predicted octanol–water partition coefficient (Wildman–Crippen LogP) is 7.48. The molecule has 0 aliphatic heterocycles. The summed E-state index contributed by atoms with van der Waals surface area (Å²) in [5.41, 5.74) is 1.52. The molecule has 125 valence electrons. The molecule has 0 bridgehead atoms. The number of aryl methyl sites for hydroxylation is 1. The Kier molecular flexibility index (Phi) is 6.29. The lowest BCUT2D eigenvalue weighted by molar-refractivity contribution is 0.576. The molecular weight excluding hydrogens is 288 g/mol. The molecule has 3 aromatic carbocycles. The summed E-state index contributed by atoms with van der Waals surface area (Å²) >= 11 is 0. The van der Waals surface area contributed by atoms with E-state index in [9.17, 15) is 0 Å². The van der Waals surface area contributed by atoms with E-state index in [1.807, 2.05) is 6.07 Å². The van der Waals surface area contributed by atoms with Gasteiger partial charge >= 0.3 is 0 Å². The molecule has 0 saturated heterocycles. The summed E-state index contributed by atoms with van der Waals surface area (Å²) in [6.07, 6.45) is 12.2. The molecule has 0 aromatic heterocycles. The number of unbranched alkanes of at least 4 members (excludes halogenated alkanes) is 7. The Morgan fingerprint density at radius 1 is 0.750 bits per heavy atom. The highest BCUT2D eigenvalue weighted by Crippen LogP contribution is 2.29. The lowest BCUT2D eigenvalue weighted by Crippen LogP contribution is -1.91. The van der Waals surface area contributed by atoms with Crippen molar-refractivity contribution in [1.82, 2.24) is 0 Å². The summed E-state index contributed by atoms with van der Waals surface area (Å²) in [6.45, 7) is 2.28. The number of hydrogen-bond acceptors (Lipinski definition) is 0. The van der Waals surface area contributed by atoms with E-state index in [4.69, 9.17) is 0 Å². The van der Waals surface area contributed by atoms with Gasteiger partial charge < -0.3 is 0 Å². The van der Waals surface area contributed by atoms with Crippen LogP contribution in [0, 0.1) is 6.07 Å². The highest BCUT2D eigenvalue weighted by Gasteiger charge is 2.07. The Bertz CT molecular complexity index is 715. The van der Waals surface area contributed by atoms with Crippen molar-refractivity contribution in [3.05, 3.63) is 60.2 Å². The van der Waals surface area contributed by atoms with Gasteiger partial charge in [-0.25, -0.2) is 0 Å². The normalized spacial score (nSPS) is 11.4. The standard InChI is InChI=1S/C24H29/c1-2-3-4-5-6-7-8-9-18-24-22-16-12-10-14-20(22)19-21-15-11-13-17-23(21)24/h10-14,16-17,19H,2-9,18H2,1H3. The zero-order valence-electron chi connectivity index (χ0n) is 15.0. The topological polar surface area (TPSA) is 0 Å². The fraction of sp³-hybridized carbons (Fsp3) is 0.417. The summed E-state index contributed by atoms with van der Waals surface area (Å²) in [6, 6.07) is 20.9. The van der Waals surface area contributed by atoms with Gasteiger partial charge in [-0.15, -0.1) is 0 Å². The van der Waals surface area contributed by atoms with Gasteiger partial charge in [0.2, 0.25) is 0 Å². The second-order valence-electron chi connectivity index (χ2n) is 6.93. The van der Waals surface area contributed by atoms with Gasteiger partial charge in [-0.1, -0.05) is 94.3 Å². The molecule has 0 aliphatic rings. The number of fused-ring (bicyclic) bond motifs is 2. The van der Waals surface area contributed by atoms with Crippen LogP contribution in [0.3, 0.4) is 0 Å². The molecule has 0 nitrogen and oxygen atoms in total. The summed E-state index contributed by atoms with van der Waals surface area (Å²) in [7, 11) is 0. The fourth-order valence-corrected chi connectivity index (χ4v) is 3.74. The van der Waals surface area contributed by atoms with E-state index in [0.29, 0.717) is 0 Å². The van der Waals surface area contributed by atoms with Crippen LogP contribution in [0.2, 0.25) is 0 Å². The summed E-state index contributed by atoms with van der Waals surface area (Å²) in [4.78, 5) is 0. The first kappa shape index (κ1) is 17.0. The minimum absolute atomic E-state index is 1.19. The molecule has 24 heavy (non-hydrogen) atoms. The van der Waals surface area contributed by atoms with Gasteiger partial charge in [0.15, 0.2) is 0 Å². The van der Waals surface area contributed by atoms with Crippen LogP contribution in [0.5, 0.6) is 0 Å². The first-order valence-electron chi connectivity index (χ1n) is 9.71. The van der Waals surface area contributed by atoms with Crippen molar-refractivity contribution in [3.8, 4) is 0 Å². The monoisotopic (exact) mass is 317 g/mol. The Hall–Kier alpha value is -1.82. The van der Waals surface area contributed by atoms with Gasteiger partial charge in [0, 0.05) is 0 Å². The molecule has 0 spiro atoms. The molecule has 0 fully saturated rings. The van der Waals surface area contributed by atoms with Gasteiger partial charge in [-0.3, -0.25) is 0 Å². The average Bonchev–Trinajstić information content (AvgIpc) is 2.63. The second kappa shape index (κ2) is 8.87. The first-order chi connectivity index (χ1) is 11.9. The van der Waals surface area contributed by atoms with E-state index in [0.717, 1.165) is 0 Å². The summed E-state index contributed by atoms with van der Waals surface area (Å²) in [5.74, 6) is 0. The molecule has 0 N–H and O–H groups in total. The minimum atomic E-state index is 1.19. The number of rotatable bonds is 9. The van der Waals surface area contributed by atoms with Crippen molar-refractivity contribution in [2.75, 3.05) is 0 Å². The molecule has 3 aromatic rings. The molecule has 3 rings (SSSR count). The van der Waals surface area contributed by atoms with Crippen molar-refractivity contribution in [3.63, 3.8) is 0 Å². The quantitative estimate of drug-likeness (QED) is 0.283. The molecule has 0 aliphatic carbocycles. The van der Waals surface area contributed by atoms with Crippen LogP contribution >= 0.6 is 0 Å². The van der Waals surface area contributed by atoms with Gasteiger partial charge in [0.1, 0.15) is 0 Å². The summed E-state index contributed by atoms with van der Waals surface area (Å²) in [5, 5.41) is 5.42. The third kappa shape index (κ3) is 4.17. The van der Waals surface area contributed by atoms with E-state index >= 15 is 0 Å². The molecular formula is C24H29. The number of benzene rings is 3. The Balaban J connectivity index is 1.66. The van der Waals surface area contributed by atoms with E-state index in [2.05, 4.69) is 55.5 Å². The molecule has 0 saturated carbocycles. The van der Waals surface area contributed by atoms with Crippen molar-refractivity contribution in [1.29, 1.82) is 0 Å². The van der Waals surface area contributed by atoms with Crippen molar-refractivity contribution >= 4 is 21.5 Å². The molecule has 0 unspecified atom stereocenters. The van der Waals surface area contributed by atoms with Crippen LogP contribution in [-0.2, 0) is 6.42 Å². The Labute approximate surface area is 146 Å². The Morgan fingerprint density at radius 2 is 1.46 bits per heavy atom. The smallest absolute Gasteiger partial charge is 0.00960 e. The van der Waals surface area contributed by atoms with E-state index in [1.165, 1.54) is 84.9 Å². The minimum Gasteiger partial charge on any atom is -0.0654 e. The highest BCUT2D eigenvalue weighted by atomic mass is 14.1. The molecule has 0 heteroatoms. The Morgan fingerprint density at radius 3 is 2.29 bits per heavy atom. The van der Waals surface area contributed by atoms with E-state index in [-0.39, 0.29) is 0 Å². The van der Waals surface area contributed by atoms with Crippen LogP contribution in [0.15, 0.2) is 48.5 Å². The van der Waals surface area contributed by atoms with Crippen molar-refractivity contribution in [2.45, 2.75) is 64.7 Å². The fourth-order valence-electron chi connectivity index (χ4n) is 3.74. The van der Waals surface area contributed by atoms with Crippen molar-refractivity contribution < 1.29 is 0 Å². The van der Waals surface area contributed by atoms with Gasteiger partial charge in [0.05, 0.1) is 0 Å². The van der Waals surface area contributed by atoms with Crippen molar-refractivity contribution in [2.24, 2.45) is 0 Å².